The van der Waals surface area contributed by atoms with Gasteiger partial charge in [0.1, 0.15) is 11.4 Å². The molecule has 3 atom stereocenters. The first-order chi connectivity index (χ1) is 13.3. The van der Waals surface area contributed by atoms with E-state index in [1.54, 1.807) is 18.2 Å². The van der Waals surface area contributed by atoms with Crippen molar-refractivity contribution >= 4 is 34.8 Å². The van der Waals surface area contributed by atoms with E-state index in [0.717, 1.165) is 0 Å². The quantitative estimate of drug-likeness (QED) is 0.730. The molecule has 2 aromatic carbocycles. The third-order valence-electron chi connectivity index (χ3n) is 5.67. The fourth-order valence-corrected chi connectivity index (χ4v) is 4.34. The van der Waals surface area contributed by atoms with Crippen molar-refractivity contribution in [1.29, 1.82) is 0 Å². The summed E-state index contributed by atoms with van der Waals surface area (Å²) in [5.74, 6) is -1.32. The predicted octanol–water partition coefficient (Wildman–Crippen LogP) is 3.90. The molecule has 2 amide bonds. The average Bonchev–Trinajstić information content (AvgIpc) is 3.18. The summed E-state index contributed by atoms with van der Waals surface area (Å²) >= 11 is 6.20. The number of fused-ring (bicyclic) bond motifs is 2. The van der Waals surface area contributed by atoms with Gasteiger partial charge in [0.05, 0.1) is 5.92 Å². The van der Waals surface area contributed by atoms with E-state index in [1.807, 2.05) is 0 Å². The van der Waals surface area contributed by atoms with Gasteiger partial charge in [-0.3, -0.25) is 14.9 Å². The minimum atomic E-state index is -1.18. The molecule has 2 aromatic rings. The van der Waals surface area contributed by atoms with Crippen molar-refractivity contribution in [2.75, 3.05) is 10.6 Å². The Hall–Kier alpha value is -2.44. The smallest absolute Gasteiger partial charge is 0.250 e. The van der Waals surface area contributed by atoms with Crippen LogP contribution in [0.15, 0.2) is 42.5 Å². The van der Waals surface area contributed by atoms with Crippen LogP contribution in [0.5, 0.6) is 0 Å². The molecule has 5 nitrogen and oxygen atoms in total. The zero-order valence-corrected chi connectivity index (χ0v) is 16.3. The molecule has 146 valence electrons. The van der Waals surface area contributed by atoms with Crippen LogP contribution in [0.3, 0.4) is 0 Å². The summed E-state index contributed by atoms with van der Waals surface area (Å²) in [4.78, 5) is 26.3. The van der Waals surface area contributed by atoms with Crippen molar-refractivity contribution in [2.45, 2.75) is 31.8 Å². The number of hydrogen-bond donors (Lipinski definition) is 3. The van der Waals surface area contributed by atoms with E-state index in [2.05, 4.69) is 29.8 Å². The summed E-state index contributed by atoms with van der Waals surface area (Å²) in [6.07, 6.45) is 0.504. The molecule has 1 saturated heterocycles. The Kier molecular flexibility index (Phi) is 4.63. The van der Waals surface area contributed by atoms with Gasteiger partial charge in [0.15, 0.2) is 0 Å². The molecule has 4 rings (SSSR count). The van der Waals surface area contributed by atoms with E-state index >= 15 is 0 Å². The number of carbonyl (C=O) groups excluding carboxylic acids is 2. The highest BCUT2D eigenvalue weighted by Gasteiger charge is 2.60. The lowest BCUT2D eigenvalue weighted by molar-refractivity contribution is -0.130. The SMILES string of the molecule is CC(C)[C@H]1C[C@@H](C(=O)Nc2ccc(F)cc2)[C@]2(N1)C(=O)Nc1ccc(Cl)cc12. The standard InChI is InChI=1S/C21H21ClFN3O2/c1-11(2)18-10-16(19(27)24-14-6-4-13(23)5-7-14)21(26-18)15-9-12(22)3-8-17(15)25-20(21)28/h3-9,11,16,18,26H,10H2,1-2H3,(H,24,27)(H,25,28)/t16-,18+,21-/m0/s1. The third-order valence-corrected chi connectivity index (χ3v) is 5.91. The van der Waals surface area contributed by atoms with Crippen LogP contribution in [0.4, 0.5) is 15.8 Å². The minimum absolute atomic E-state index is 0.0142. The van der Waals surface area contributed by atoms with Gasteiger partial charge >= 0.3 is 0 Å². The molecule has 2 aliphatic heterocycles. The van der Waals surface area contributed by atoms with Gasteiger partial charge in [-0.15, -0.1) is 0 Å². The van der Waals surface area contributed by atoms with Crippen LogP contribution in [0.1, 0.15) is 25.8 Å². The fraction of sp³-hybridized carbons (Fsp3) is 0.333. The number of anilines is 2. The molecule has 1 spiro atoms. The number of rotatable bonds is 3. The van der Waals surface area contributed by atoms with Crippen molar-refractivity contribution in [3.63, 3.8) is 0 Å². The van der Waals surface area contributed by atoms with E-state index in [0.29, 0.717) is 28.4 Å². The normalized spacial score (nSPS) is 25.8. The van der Waals surface area contributed by atoms with Gasteiger partial charge in [0.2, 0.25) is 11.8 Å². The van der Waals surface area contributed by atoms with Gasteiger partial charge in [-0.2, -0.15) is 0 Å². The minimum Gasteiger partial charge on any atom is -0.326 e. The molecular formula is C21H21ClFN3O2. The Morgan fingerprint density at radius 1 is 1.25 bits per heavy atom. The number of hydrogen-bond acceptors (Lipinski definition) is 3. The Morgan fingerprint density at radius 3 is 2.64 bits per heavy atom. The van der Waals surface area contributed by atoms with Gasteiger partial charge in [-0.05, 0) is 54.8 Å². The zero-order chi connectivity index (χ0) is 20.1. The molecule has 0 aliphatic carbocycles. The summed E-state index contributed by atoms with van der Waals surface area (Å²) in [6, 6.07) is 10.8. The molecule has 2 heterocycles. The van der Waals surface area contributed by atoms with E-state index < -0.39 is 11.5 Å². The monoisotopic (exact) mass is 401 g/mol. The summed E-state index contributed by atoms with van der Waals surface area (Å²) in [5.41, 5.74) is 0.650. The van der Waals surface area contributed by atoms with E-state index in [9.17, 15) is 14.0 Å². The highest BCUT2D eigenvalue weighted by molar-refractivity contribution is 6.31. The second kappa shape index (κ2) is 6.87. The molecule has 0 aromatic heterocycles. The number of amides is 2. The Morgan fingerprint density at radius 2 is 1.96 bits per heavy atom. The van der Waals surface area contributed by atoms with Gasteiger partial charge in [-0.1, -0.05) is 25.4 Å². The zero-order valence-electron chi connectivity index (χ0n) is 15.6. The maximum Gasteiger partial charge on any atom is 0.250 e. The number of halogens is 2. The molecule has 3 N–H and O–H groups in total. The van der Waals surface area contributed by atoms with Crippen molar-refractivity contribution < 1.29 is 14.0 Å². The fourth-order valence-electron chi connectivity index (χ4n) is 4.17. The first-order valence-electron chi connectivity index (χ1n) is 9.27. The maximum absolute atomic E-state index is 13.2. The summed E-state index contributed by atoms with van der Waals surface area (Å²) < 4.78 is 13.2. The average molecular weight is 402 g/mol. The van der Waals surface area contributed by atoms with Crippen molar-refractivity contribution in [3.8, 4) is 0 Å². The molecule has 0 unspecified atom stereocenters. The number of carbonyl (C=O) groups is 2. The maximum atomic E-state index is 13.2. The third kappa shape index (κ3) is 2.97. The van der Waals surface area contributed by atoms with E-state index in [1.165, 1.54) is 24.3 Å². The summed E-state index contributed by atoms with van der Waals surface area (Å²) in [7, 11) is 0. The van der Waals surface area contributed by atoms with E-state index in [-0.39, 0.29) is 29.6 Å². The molecule has 28 heavy (non-hydrogen) atoms. The second-order valence-electron chi connectivity index (χ2n) is 7.73. The largest absolute Gasteiger partial charge is 0.326 e. The lowest BCUT2D eigenvalue weighted by Crippen LogP contribution is -2.52. The molecule has 0 saturated carbocycles. The van der Waals surface area contributed by atoms with Gasteiger partial charge < -0.3 is 10.6 Å². The molecular weight excluding hydrogens is 381 g/mol. The van der Waals surface area contributed by atoms with Crippen LogP contribution in [0.25, 0.3) is 0 Å². The van der Waals surface area contributed by atoms with Gasteiger partial charge in [0, 0.05) is 28.0 Å². The first-order valence-corrected chi connectivity index (χ1v) is 9.64. The molecule has 1 fully saturated rings. The van der Waals surface area contributed by atoms with Crippen LogP contribution in [0, 0.1) is 17.7 Å². The lowest BCUT2D eigenvalue weighted by Gasteiger charge is -2.29. The summed E-state index contributed by atoms with van der Waals surface area (Å²) in [6.45, 7) is 4.11. The highest BCUT2D eigenvalue weighted by Crippen LogP contribution is 2.48. The van der Waals surface area contributed by atoms with Crippen LogP contribution < -0.4 is 16.0 Å². The molecule has 2 aliphatic rings. The number of nitrogens with one attached hydrogen (secondary N) is 3. The van der Waals surface area contributed by atoms with Crippen LogP contribution in [-0.2, 0) is 15.1 Å². The molecule has 0 radical (unpaired) electrons. The Labute approximate surface area is 167 Å². The lowest BCUT2D eigenvalue weighted by atomic mass is 9.79. The topological polar surface area (TPSA) is 70.2 Å². The van der Waals surface area contributed by atoms with Crippen molar-refractivity contribution in [2.24, 2.45) is 11.8 Å². The summed E-state index contributed by atoms with van der Waals surface area (Å²) in [5, 5.41) is 9.65. The van der Waals surface area contributed by atoms with Crippen molar-refractivity contribution in [3.05, 3.63) is 58.9 Å². The Balaban J connectivity index is 1.74. The van der Waals surface area contributed by atoms with E-state index in [4.69, 9.17) is 11.6 Å². The molecule has 0 bridgehead atoms. The van der Waals surface area contributed by atoms with Gasteiger partial charge in [-0.25, -0.2) is 4.39 Å². The van der Waals surface area contributed by atoms with Crippen LogP contribution >= 0.6 is 11.6 Å². The van der Waals surface area contributed by atoms with Gasteiger partial charge in [0.25, 0.3) is 0 Å². The van der Waals surface area contributed by atoms with Crippen molar-refractivity contribution in [1.82, 2.24) is 5.32 Å². The number of benzene rings is 2. The van der Waals surface area contributed by atoms with Crippen LogP contribution in [-0.4, -0.2) is 17.9 Å². The molecule has 7 heteroatoms. The predicted molar refractivity (Wildman–Crippen MR) is 107 cm³/mol. The second-order valence-corrected chi connectivity index (χ2v) is 8.17. The first kappa shape index (κ1) is 18.9. The Bertz CT molecular complexity index is 947. The highest BCUT2D eigenvalue weighted by atomic mass is 35.5. The van der Waals surface area contributed by atoms with Crippen LogP contribution in [0.2, 0.25) is 5.02 Å².